The highest BCUT2D eigenvalue weighted by molar-refractivity contribution is 6.21. The van der Waals surface area contributed by atoms with Crippen LogP contribution in [0.15, 0.2) is 137 Å². The lowest BCUT2D eigenvalue weighted by Gasteiger charge is -2.42. The fourth-order valence-electron chi connectivity index (χ4n) is 7.83. The van der Waals surface area contributed by atoms with Crippen molar-refractivity contribution in [2.75, 3.05) is 0 Å². The van der Waals surface area contributed by atoms with Crippen LogP contribution in [0.4, 0.5) is 0 Å². The van der Waals surface area contributed by atoms with E-state index in [2.05, 4.69) is 132 Å². The molecule has 2 aromatic heterocycles. The van der Waals surface area contributed by atoms with Crippen LogP contribution in [-0.4, -0.2) is 10.6 Å². The third kappa shape index (κ3) is 4.04. The Morgan fingerprint density at radius 1 is 0.870 bits per heavy atom. The molecule has 0 saturated carbocycles. The first kappa shape index (κ1) is 27.0. The first-order valence-electron chi connectivity index (χ1n) is 16.3. The van der Waals surface area contributed by atoms with Gasteiger partial charge in [-0.05, 0) is 65.3 Å². The van der Waals surface area contributed by atoms with Gasteiger partial charge in [0.1, 0.15) is 11.7 Å². The Bertz CT molecular complexity index is 2360. The summed E-state index contributed by atoms with van der Waals surface area (Å²) in [7, 11) is 0. The molecule has 6 aromatic rings. The van der Waals surface area contributed by atoms with Gasteiger partial charge in [-0.2, -0.15) is 5.26 Å². The van der Waals surface area contributed by atoms with E-state index in [-0.39, 0.29) is 24.0 Å². The number of hydrogen-bond acceptors (Lipinski definition) is 4. The molecule has 0 amide bonds. The molecule has 2 N–H and O–H groups in total. The summed E-state index contributed by atoms with van der Waals surface area (Å²) >= 11 is 0. The maximum atomic E-state index is 9.81. The Kier molecular flexibility index (Phi) is 6.10. The molecular formula is C41H34N4O. The number of furan rings is 1. The molecule has 224 valence electrons. The fourth-order valence-corrected chi connectivity index (χ4v) is 7.83. The van der Waals surface area contributed by atoms with Gasteiger partial charge in [0, 0.05) is 32.9 Å². The molecule has 5 heteroatoms. The van der Waals surface area contributed by atoms with Gasteiger partial charge in [-0.15, -0.1) is 0 Å². The van der Waals surface area contributed by atoms with Crippen molar-refractivity contribution in [3.8, 4) is 11.8 Å². The lowest BCUT2D eigenvalue weighted by atomic mass is 9.76. The van der Waals surface area contributed by atoms with E-state index in [0.717, 1.165) is 50.6 Å². The number of nitriles is 1. The van der Waals surface area contributed by atoms with Gasteiger partial charge >= 0.3 is 0 Å². The van der Waals surface area contributed by atoms with Crippen molar-refractivity contribution in [3.63, 3.8) is 0 Å². The average Bonchev–Trinajstić information content (AvgIpc) is 3.64. The number of nitrogens with one attached hydrogen (secondary N) is 2. The number of rotatable bonds is 3. The van der Waals surface area contributed by atoms with Gasteiger partial charge in [0.05, 0.1) is 29.1 Å². The number of allylic oxidation sites excluding steroid dienone is 5. The highest BCUT2D eigenvalue weighted by atomic mass is 16.3. The Labute approximate surface area is 267 Å². The molecule has 1 saturated heterocycles. The number of aromatic nitrogens is 1. The van der Waals surface area contributed by atoms with Gasteiger partial charge in [-0.1, -0.05) is 98.8 Å². The number of nitrogens with zero attached hydrogens (tertiary/aromatic N) is 2. The van der Waals surface area contributed by atoms with Crippen molar-refractivity contribution < 1.29 is 4.42 Å². The Morgan fingerprint density at radius 3 is 2.50 bits per heavy atom. The van der Waals surface area contributed by atoms with E-state index < -0.39 is 0 Å². The van der Waals surface area contributed by atoms with E-state index in [1.807, 2.05) is 18.2 Å². The molecule has 5 nitrogen and oxygen atoms in total. The lowest BCUT2D eigenvalue weighted by molar-refractivity contribution is 0.386. The molecule has 1 aliphatic heterocycles. The molecule has 5 unspecified atom stereocenters. The van der Waals surface area contributed by atoms with Crippen molar-refractivity contribution in [3.05, 3.63) is 138 Å². The minimum atomic E-state index is -0.116. The summed E-state index contributed by atoms with van der Waals surface area (Å²) in [6, 6.07) is 32.8. The van der Waals surface area contributed by atoms with Crippen molar-refractivity contribution in [2.24, 2.45) is 17.8 Å². The molecule has 46 heavy (non-hydrogen) atoms. The SMILES string of the molecule is CC1C=C2NC(c3ccc(-n4c5ccccc5c5ccc6c7ccccc7oc6c54)cc3)NC(C3=CC=CC(C#N)C3C)C2=CC1. The van der Waals surface area contributed by atoms with E-state index in [9.17, 15) is 5.26 Å². The monoisotopic (exact) mass is 598 g/mol. The standard InChI is InChI=1S/C41H34N4O/c1-24-14-19-34-35(22-24)43-41(44-38(34)29-11-7-8-27(23-42)25(29)2)26-15-17-28(18-16-26)45-36-12-5-3-9-30(36)32-20-21-33-31-10-4-6-13-37(31)46-40(33)39(32)45/h3-13,15-22,24-25,27,38,41,43-44H,14H2,1-2H3. The van der Waals surface area contributed by atoms with Crippen molar-refractivity contribution in [1.29, 1.82) is 5.26 Å². The zero-order chi connectivity index (χ0) is 30.9. The number of fused-ring (bicyclic) bond motifs is 8. The van der Waals surface area contributed by atoms with Crippen LogP contribution in [0.5, 0.6) is 0 Å². The highest BCUT2D eigenvalue weighted by Crippen LogP contribution is 2.41. The van der Waals surface area contributed by atoms with Gasteiger partial charge in [-0.3, -0.25) is 5.32 Å². The zero-order valence-corrected chi connectivity index (χ0v) is 25.9. The van der Waals surface area contributed by atoms with Crippen molar-refractivity contribution >= 4 is 43.7 Å². The van der Waals surface area contributed by atoms with Gasteiger partial charge in [0.2, 0.25) is 0 Å². The zero-order valence-electron chi connectivity index (χ0n) is 25.9. The molecule has 2 aliphatic carbocycles. The fraction of sp³-hybridized carbons (Fsp3) is 0.195. The molecular weight excluding hydrogens is 564 g/mol. The Morgan fingerprint density at radius 2 is 1.65 bits per heavy atom. The molecule has 3 heterocycles. The third-order valence-electron chi connectivity index (χ3n) is 10.2. The third-order valence-corrected chi connectivity index (χ3v) is 10.2. The maximum Gasteiger partial charge on any atom is 0.160 e. The second-order valence-electron chi connectivity index (χ2n) is 13.0. The lowest BCUT2D eigenvalue weighted by Crippen LogP contribution is -2.50. The average molecular weight is 599 g/mol. The van der Waals surface area contributed by atoms with Crippen LogP contribution in [0.3, 0.4) is 0 Å². The van der Waals surface area contributed by atoms with Crippen LogP contribution in [0, 0.1) is 29.1 Å². The second kappa shape index (κ2) is 10.4. The predicted octanol–water partition coefficient (Wildman–Crippen LogP) is 9.37. The predicted molar refractivity (Wildman–Crippen MR) is 186 cm³/mol. The molecule has 5 atom stereocenters. The van der Waals surface area contributed by atoms with E-state index in [1.165, 1.54) is 27.6 Å². The largest absolute Gasteiger partial charge is 0.454 e. The Hall–Kier alpha value is -5.31. The van der Waals surface area contributed by atoms with Crippen LogP contribution >= 0.6 is 0 Å². The number of benzene rings is 4. The second-order valence-corrected chi connectivity index (χ2v) is 13.0. The van der Waals surface area contributed by atoms with Gasteiger partial charge in [0.15, 0.2) is 5.58 Å². The quantitative estimate of drug-likeness (QED) is 0.213. The van der Waals surface area contributed by atoms with Gasteiger partial charge in [-0.25, -0.2) is 0 Å². The summed E-state index contributed by atoms with van der Waals surface area (Å²) < 4.78 is 8.89. The smallest absolute Gasteiger partial charge is 0.160 e. The van der Waals surface area contributed by atoms with E-state index in [0.29, 0.717) is 5.92 Å². The Balaban J connectivity index is 1.15. The van der Waals surface area contributed by atoms with Crippen LogP contribution in [-0.2, 0) is 0 Å². The van der Waals surface area contributed by atoms with Crippen LogP contribution in [0.25, 0.3) is 49.4 Å². The minimum absolute atomic E-state index is 0.0409. The van der Waals surface area contributed by atoms with Gasteiger partial charge < -0.3 is 14.3 Å². The van der Waals surface area contributed by atoms with Crippen molar-refractivity contribution in [1.82, 2.24) is 15.2 Å². The van der Waals surface area contributed by atoms with Crippen LogP contribution in [0.1, 0.15) is 32.0 Å². The molecule has 9 rings (SSSR count). The summed E-state index contributed by atoms with van der Waals surface area (Å²) in [5.74, 6) is 0.498. The summed E-state index contributed by atoms with van der Waals surface area (Å²) in [5.41, 5.74) is 10.1. The van der Waals surface area contributed by atoms with Gasteiger partial charge in [0.25, 0.3) is 0 Å². The summed E-state index contributed by atoms with van der Waals surface area (Å²) in [5, 5.41) is 22.2. The number of para-hydroxylation sites is 2. The van der Waals surface area contributed by atoms with Crippen LogP contribution < -0.4 is 10.6 Å². The normalized spacial score (nSPS) is 24.4. The first-order chi connectivity index (χ1) is 22.6. The number of hydrogen-bond donors (Lipinski definition) is 2. The van der Waals surface area contributed by atoms with E-state index >= 15 is 0 Å². The van der Waals surface area contributed by atoms with E-state index in [1.54, 1.807) is 0 Å². The summed E-state index contributed by atoms with van der Waals surface area (Å²) in [6.45, 7) is 4.45. The van der Waals surface area contributed by atoms with E-state index in [4.69, 9.17) is 4.42 Å². The molecule has 0 spiro atoms. The molecule has 0 radical (unpaired) electrons. The first-order valence-corrected chi connectivity index (χ1v) is 16.3. The topological polar surface area (TPSA) is 65.9 Å². The molecule has 0 bridgehead atoms. The molecule has 3 aliphatic rings. The maximum absolute atomic E-state index is 9.81. The summed E-state index contributed by atoms with van der Waals surface area (Å²) in [4.78, 5) is 0. The summed E-state index contributed by atoms with van der Waals surface area (Å²) in [6.07, 6.45) is 12.0. The van der Waals surface area contributed by atoms with Crippen LogP contribution in [0.2, 0.25) is 0 Å². The molecule has 4 aromatic carbocycles. The highest BCUT2D eigenvalue weighted by Gasteiger charge is 2.36. The van der Waals surface area contributed by atoms with Crippen molar-refractivity contribution in [2.45, 2.75) is 32.5 Å². The molecule has 1 fully saturated rings. The minimum Gasteiger partial charge on any atom is -0.454 e.